The van der Waals surface area contributed by atoms with Gasteiger partial charge in [-0.05, 0) is 48.5 Å². The minimum absolute atomic E-state index is 0.0543. The first-order valence-electron chi connectivity index (χ1n) is 9.09. The molecule has 0 aliphatic carbocycles. The van der Waals surface area contributed by atoms with E-state index in [9.17, 15) is 30.8 Å². The van der Waals surface area contributed by atoms with Crippen molar-refractivity contribution in [2.75, 3.05) is 16.2 Å². The highest BCUT2D eigenvalue weighted by Crippen LogP contribution is 2.37. The first kappa shape index (κ1) is 24.8. The van der Waals surface area contributed by atoms with Crippen LogP contribution in [-0.4, -0.2) is 20.9 Å². The van der Waals surface area contributed by atoms with Crippen molar-refractivity contribution in [2.45, 2.75) is 11.1 Å². The number of nitrogens with one attached hydrogen (secondary N) is 1. The average molecular weight is 521 g/mol. The second-order valence-corrected chi connectivity index (χ2v) is 9.34. The Hall–Kier alpha value is -2.82. The molecular formula is C21H14Cl2F4N2O3S. The van der Waals surface area contributed by atoms with Crippen LogP contribution < -0.4 is 9.62 Å². The van der Waals surface area contributed by atoms with Crippen molar-refractivity contribution < 1.29 is 30.8 Å². The molecule has 12 heteroatoms. The number of sulfonamides is 1. The number of alkyl halides is 3. The van der Waals surface area contributed by atoms with Gasteiger partial charge in [-0.3, -0.25) is 9.10 Å². The summed E-state index contributed by atoms with van der Waals surface area (Å²) in [6.45, 7) is -0.923. The van der Waals surface area contributed by atoms with Gasteiger partial charge in [0.15, 0.2) is 0 Å². The second kappa shape index (κ2) is 9.58. The molecule has 5 nitrogen and oxygen atoms in total. The minimum atomic E-state index is -4.78. The third-order valence-corrected chi connectivity index (χ3v) is 6.75. The Morgan fingerprint density at radius 1 is 0.939 bits per heavy atom. The summed E-state index contributed by atoms with van der Waals surface area (Å²) in [5.41, 5.74) is -1.64. The molecule has 0 aromatic heterocycles. The Labute approximate surface area is 196 Å². The van der Waals surface area contributed by atoms with Crippen LogP contribution in [0.25, 0.3) is 0 Å². The molecule has 0 aliphatic heterocycles. The largest absolute Gasteiger partial charge is 0.416 e. The number of anilines is 2. The van der Waals surface area contributed by atoms with Crippen molar-refractivity contribution in [1.29, 1.82) is 0 Å². The van der Waals surface area contributed by atoms with Crippen molar-refractivity contribution in [1.82, 2.24) is 0 Å². The molecule has 0 atom stereocenters. The number of carbonyl (C=O) groups excluding carboxylic acids is 1. The van der Waals surface area contributed by atoms with Crippen molar-refractivity contribution >= 4 is 50.5 Å². The van der Waals surface area contributed by atoms with Crippen LogP contribution in [0.5, 0.6) is 0 Å². The highest BCUT2D eigenvalue weighted by molar-refractivity contribution is 7.92. The van der Waals surface area contributed by atoms with E-state index in [-0.39, 0.29) is 20.6 Å². The molecular weight excluding hydrogens is 507 g/mol. The molecule has 0 saturated heterocycles. The smallest absolute Gasteiger partial charge is 0.324 e. The van der Waals surface area contributed by atoms with E-state index in [1.807, 2.05) is 0 Å². The van der Waals surface area contributed by atoms with Crippen LogP contribution in [0.1, 0.15) is 5.56 Å². The first-order chi connectivity index (χ1) is 15.4. The van der Waals surface area contributed by atoms with E-state index in [1.165, 1.54) is 30.3 Å². The van der Waals surface area contributed by atoms with Gasteiger partial charge in [0.05, 0.1) is 26.2 Å². The molecule has 0 saturated carbocycles. The van der Waals surface area contributed by atoms with Crippen LogP contribution in [0.15, 0.2) is 71.6 Å². The topological polar surface area (TPSA) is 66.5 Å². The fourth-order valence-electron chi connectivity index (χ4n) is 2.80. The summed E-state index contributed by atoms with van der Waals surface area (Å²) in [5, 5.41) is 1.73. The monoisotopic (exact) mass is 520 g/mol. The van der Waals surface area contributed by atoms with Gasteiger partial charge in [-0.15, -0.1) is 0 Å². The van der Waals surface area contributed by atoms with Gasteiger partial charge in [0, 0.05) is 5.69 Å². The number of benzene rings is 3. The molecule has 3 aromatic rings. The lowest BCUT2D eigenvalue weighted by atomic mass is 10.2. The maximum Gasteiger partial charge on any atom is 0.416 e. The van der Waals surface area contributed by atoms with Gasteiger partial charge in [-0.1, -0.05) is 41.4 Å². The molecule has 1 N–H and O–H groups in total. The molecule has 0 unspecified atom stereocenters. The zero-order valence-corrected chi connectivity index (χ0v) is 18.7. The van der Waals surface area contributed by atoms with Gasteiger partial charge in [-0.25, -0.2) is 12.8 Å². The van der Waals surface area contributed by atoms with Crippen LogP contribution in [0.4, 0.5) is 28.9 Å². The van der Waals surface area contributed by atoms with E-state index in [0.717, 1.165) is 18.2 Å². The second-order valence-electron chi connectivity index (χ2n) is 6.67. The average Bonchev–Trinajstić information content (AvgIpc) is 2.75. The summed E-state index contributed by atoms with van der Waals surface area (Å²) in [4.78, 5) is 12.4. The van der Waals surface area contributed by atoms with Gasteiger partial charge < -0.3 is 5.32 Å². The Morgan fingerprint density at radius 2 is 1.61 bits per heavy atom. The molecule has 174 valence electrons. The molecule has 0 fully saturated rings. The van der Waals surface area contributed by atoms with E-state index >= 15 is 0 Å². The number of hydrogen-bond acceptors (Lipinski definition) is 3. The Morgan fingerprint density at radius 3 is 2.21 bits per heavy atom. The molecule has 0 aliphatic rings. The molecule has 33 heavy (non-hydrogen) atoms. The third kappa shape index (κ3) is 5.76. The number of rotatable bonds is 6. The quantitative estimate of drug-likeness (QED) is 0.406. The van der Waals surface area contributed by atoms with E-state index in [1.54, 1.807) is 6.07 Å². The van der Waals surface area contributed by atoms with Crippen molar-refractivity contribution in [3.05, 3.63) is 88.2 Å². The maximum absolute atomic E-state index is 13.4. The highest BCUT2D eigenvalue weighted by atomic mass is 35.5. The molecule has 3 rings (SSSR count). The zero-order chi connectivity index (χ0) is 24.4. The molecule has 0 bridgehead atoms. The standard InChI is InChI=1S/C21H14Cl2F4N2O3S/c22-16-8-6-13(21(25,26)27)10-19(16)29(33(31,32)15-4-2-1-3-5-15)12-20(30)28-14-7-9-18(24)17(23)11-14/h1-11H,12H2,(H,28,30). The van der Waals surface area contributed by atoms with Gasteiger partial charge in [0.1, 0.15) is 12.4 Å². The summed E-state index contributed by atoms with van der Waals surface area (Å²) < 4.78 is 80.2. The van der Waals surface area contributed by atoms with Gasteiger partial charge in [0.2, 0.25) is 5.91 Å². The van der Waals surface area contributed by atoms with Gasteiger partial charge >= 0.3 is 6.18 Å². The lowest BCUT2D eigenvalue weighted by Crippen LogP contribution is -2.38. The number of carbonyl (C=O) groups is 1. The number of amides is 1. The number of halogens is 6. The predicted octanol–water partition coefficient (Wildman–Crippen LogP) is 5.99. The minimum Gasteiger partial charge on any atom is -0.324 e. The third-order valence-electron chi connectivity index (χ3n) is 4.36. The Bertz CT molecular complexity index is 1290. The van der Waals surface area contributed by atoms with Crippen LogP contribution in [-0.2, 0) is 21.0 Å². The molecule has 0 radical (unpaired) electrons. The summed E-state index contributed by atoms with van der Waals surface area (Å²) in [5.74, 6) is -1.66. The first-order valence-corrected chi connectivity index (χ1v) is 11.3. The lowest BCUT2D eigenvalue weighted by Gasteiger charge is -2.26. The number of nitrogens with zero attached hydrogens (tertiary/aromatic N) is 1. The van der Waals surface area contributed by atoms with E-state index in [2.05, 4.69) is 5.32 Å². The summed E-state index contributed by atoms with van der Waals surface area (Å²) >= 11 is 11.7. The van der Waals surface area contributed by atoms with E-state index in [4.69, 9.17) is 23.2 Å². The molecule has 1 amide bonds. The summed E-state index contributed by atoms with van der Waals surface area (Å²) in [7, 11) is -4.51. The van der Waals surface area contributed by atoms with Crippen molar-refractivity contribution in [3.8, 4) is 0 Å². The SMILES string of the molecule is O=C(CN(c1cc(C(F)(F)F)ccc1Cl)S(=O)(=O)c1ccccc1)Nc1ccc(F)c(Cl)c1. The fourth-order valence-corrected chi connectivity index (χ4v) is 4.71. The summed E-state index contributed by atoms with van der Waals surface area (Å²) in [6, 6.07) is 12.2. The summed E-state index contributed by atoms with van der Waals surface area (Å²) in [6.07, 6.45) is -4.78. The zero-order valence-electron chi connectivity index (χ0n) is 16.4. The van der Waals surface area contributed by atoms with Gasteiger partial charge in [0.25, 0.3) is 10.0 Å². The molecule has 0 heterocycles. The van der Waals surface area contributed by atoms with Crippen LogP contribution in [0.2, 0.25) is 10.0 Å². The molecule has 0 spiro atoms. The van der Waals surface area contributed by atoms with E-state index in [0.29, 0.717) is 16.4 Å². The van der Waals surface area contributed by atoms with Crippen LogP contribution >= 0.6 is 23.2 Å². The Balaban J connectivity index is 2.05. The predicted molar refractivity (Wildman–Crippen MR) is 117 cm³/mol. The Kier molecular flexibility index (Phi) is 7.20. The number of hydrogen-bond donors (Lipinski definition) is 1. The van der Waals surface area contributed by atoms with Crippen molar-refractivity contribution in [3.63, 3.8) is 0 Å². The lowest BCUT2D eigenvalue weighted by molar-refractivity contribution is -0.137. The highest BCUT2D eigenvalue weighted by Gasteiger charge is 2.34. The molecule has 3 aromatic carbocycles. The van der Waals surface area contributed by atoms with Gasteiger partial charge in [-0.2, -0.15) is 13.2 Å². The van der Waals surface area contributed by atoms with Crippen LogP contribution in [0, 0.1) is 5.82 Å². The van der Waals surface area contributed by atoms with E-state index < -0.39 is 45.7 Å². The van der Waals surface area contributed by atoms with Crippen molar-refractivity contribution in [2.24, 2.45) is 0 Å². The normalized spacial score (nSPS) is 11.8. The maximum atomic E-state index is 13.4. The fraction of sp³-hybridized carbons (Fsp3) is 0.0952. The van der Waals surface area contributed by atoms with Crippen LogP contribution in [0.3, 0.4) is 0 Å².